The normalized spacial score (nSPS) is 18.2. The maximum Gasteiger partial charge on any atom is 0.266 e. The zero-order chi connectivity index (χ0) is 22.9. The molecular weight excluding hydrogens is 444 g/mol. The average Bonchev–Trinajstić information content (AvgIpc) is 3.03. The number of hydrogen-bond donors (Lipinski definition) is 1. The minimum atomic E-state index is -1.02. The molecule has 1 unspecified atom stereocenters. The van der Waals surface area contributed by atoms with Gasteiger partial charge in [-0.15, -0.1) is 11.6 Å². The molecule has 2 heterocycles. The van der Waals surface area contributed by atoms with Gasteiger partial charge in [0.15, 0.2) is 0 Å². The van der Waals surface area contributed by atoms with Crippen LogP contribution in [0.2, 0.25) is 0 Å². The van der Waals surface area contributed by atoms with Crippen LogP contribution in [0.25, 0.3) is 0 Å². The number of benzene rings is 1. The van der Waals surface area contributed by atoms with Gasteiger partial charge in [-0.05, 0) is 18.6 Å². The van der Waals surface area contributed by atoms with Crippen LogP contribution in [0.15, 0.2) is 18.2 Å². The monoisotopic (exact) mass is 468 g/mol. The smallest absolute Gasteiger partial charge is 0.266 e. The first-order chi connectivity index (χ1) is 15.5. The lowest BCUT2D eigenvalue weighted by molar-refractivity contribution is -0.136. The molecule has 1 aromatic rings. The standard InChI is InChI=1S/C21H25ClN2O8/c22-6-7-29-8-9-30-10-11-31-12-13-32-16-3-1-2-14-18(16)21(28)24(20(14)27)15-4-5-17(25)23-19(15)26/h1-3,15H,4-13H2,(H,23,25,26). The second-order valence-corrected chi connectivity index (χ2v) is 7.38. The summed E-state index contributed by atoms with van der Waals surface area (Å²) in [6.45, 7) is 2.60. The van der Waals surface area contributed by atoms with Gasteiger partial charge in [0.1, 0.15) is 18.4 Å². The summed E-state index contributed by atoms with van der Waals surface area (Å²) in [5.41, 5.74) is 0.283. The molecule has 0 bridgehead atoms. The Morgan fingerprint density at radius 3 is 2.22 bits per heavy atom. The van der Waals surface area contributed by atoms with Crippen LogP contribution in [0.3, 0.4) is 0 Å². The van der Waals surface area contributed by atoms with Gasteiger partial charge in [-0.2, -0.15) is 0 Å². The topological polar surface area (TPSA) is 120 Å². The Balaban J connectivity index is 1.47. The summed E-state index contributed by atoms with van der Waals surface area (Å²) < 4.78 is 21.6. The minimum Gasteiger partial charge on any atom is -0.490 e. The van der Waals surface area contributed by atoms with E-state index >= 15 is 0 Å². The number of ether oxygens (including phenoxy) is 4. The van der Waals surface area contributed by atoms with E-state index in [1.54, 1.807) is 12.1 Å². The van der Waals surface area contributed by atoms with E-state index in [0.717, 1.165) is 4.90 Å². The molecule has 1 fully saturated rings. The molecule has 3 rings (SSSR count). The van der Waals surface area contributed by atoms with E-state index in [-0.39, 0.29) is 42.9 Å². The number of nitrogens with zero attached hydrogens (tertiary/aromatic N) is 1. The fourth-order valence-electron chi connectivity index (χ4n) is 3.41. The summed E-state index contributed by atoms with van der Waals surface area (Å²) in [5.74, 6) is -1.57. The average molecular weight is 469 g/mol. The molecule has 1 saturated heterocycles. The molecule has 1 N–H and O–H groups in total. The highest BCUT2D eigenvalue weighted by atomic mass is 35.5. The number of fused-ring (bicyclic) bond motifs is 1. The van der Waals surface area contributed by atoms with Crippen LogP contribution in [0.1, 0.15) is 33.6 Å². The van der Waals surface area contributed by atoms with Gasteiger partial charge in [0, 0.05) is 12.3 Å². The van der Waals surface area contributed by atoms with E-state index in [1.807, 2.05) is 0 Å². The largest absolute Gasteiger partial charge is 0.490 e. The third-order valence-electron chi connectivity index (χ3n) is 4.88. The molecular formula is C21H25ClN2O8. The number of alkyl halides is 1. The summed E-state index contributed by atoms with van der Waals surface area (Å²) in [5, 5.41) is 2.17. The van der Waals surface area contributed by atoms with E-state index in [4.69, 9.17) is 30.5 Å². The van der Waals surface area contributed by atoms with E-state index in [1.165, 1.54) is 6.07 Å². The first-order valence-electron chi connectivity index (χ1n) is 10.3. The summed E-state index contributed by atoms with van der Waals surface area (Å²) in [6, 6.07) is 3.69. The Kier molecular flexibility index (Phi) is 8.98. The number of piperidine rings is 1. The summed E-state index contributed by atoms with van der Waals surface area (Å²) in [6.07, 6.45) is 0.162. The Bertz CT molecular complexity index is 862. The molecule has 0 saturated carbocycles. The van der Waals surface area contributed by atoms with Crippen molar-refractivity contribution in [1.29, 1.82) is 0 Å². The number of amides is 4. The van der Waals surface area contributed by atoms with Crippen molar-refractivity contribution in [1.82, 2.24) is 10.2 Å². The molecule has 1 aromatic carbocycles. The van der Waals surface area contributed by atoms with E-state index in [2.05, 4.69) is 5.32 Å². The van der Waals surface area contributed by atoms with Crippen molar-refractivity contribution < 1.29 is 38.1 Å². The Morgan fingerprint density at radius 1 is 0.906 bits per heavy atom. The molecule has 32 heavy (non-hydrogen) atoms. The van der Waals surface area contributed by atoms with Crippen molar-refractivity contribution in [2.45, 2.75) is 18.9 Å². The molecule has 0 aromatic heterocycles. The van der Waals surface area contributed by atoms with Crippen LogP contribution in [0.4, 0.5) is 0 Å². The number of hydrogen-bond acceptors (Lipinski definition) is 8. The van der Waals surface area contributed by atoms with Crippen LogP contribution in [0, 0.1) is 0 Å². The minimum absolute atomic E-state index is 0.0642. The van der Waals surface area contributed by atoms with Crippen molar-refractivity contribution in [3.8, 4) is 5.75 Å². The molecule has 0 aliphatic carbocycles. The first kappa shape index (κ1) is 24.1. The van der Waals surface area contributed by atoms with Gasteiger partial charge in [-0.25, -0.2) is 0 Å². The predicted octanol–water partition coefficient (Wildman–Crippen LogP) is 0.755. The van der Waals surface area contributed by atoms with Gasteiger partial charge in [-0.3, -0.25) is 29.4 Å². The maximum absolute atomic E-state index is 13.0. The van der Waals surface area contributed by atoms with Crippen LogP contribution < -0.4 is 10.1 Å². The lowest BCUT2D eigenvalue weighted by atomic mass is 10.0. The second-order valence-electron chi connectivity index (χ2n) is 7.00. The van der Waals surface area contributed by atoms with Gasteiger partial charge in [-0.1, -0.05) is 6.07 Å². The molecule has 10 nitrogen and oxygen atoms in total. The molecule has 11 heteroatoms. The molecule has 2 aliphatic rings. The van der Waals surface area contributed by atoms with Gasteiger partial charge < -0.3 is 18.9 Å². The number of nitrogens with one attached hydrogen (secondary N) is 1. The summed E-state index contributed by atoms with van der Waals surface area (Å²) >= 11 is 5.49. The SMILES string of the molecule is O=C1CCC(N2C(=O)c3cccc(OCCOCCOCCOCCCl)c3C2=O)C(=O)N1. The lowest BCUT2D eigenvalue weighted by Gasteiger charge is -2.27. The number of carbonyl (C=O) groups is 4. The number of imide groups is 2. The Hall–Kier alpha value is -2.53. The van der Waals surface area contributed by atoms with Gasteiger partial charge >= 0.3 is 0 Å². The van der Waals surface area contributed by atoms with Crippen LogP contribution in [-0.4, -0.2) is 86.7 Å². The molecule has 1 atom stereocenters. The quantitative estimate of drug-likeness (QED) is 0.256. The van der Waals surface area contributed by atoms with Gasteiger partial charge in [0.2, 0.25) is 11.8 Å². The number of rotatable bonds is 13. The van der Waals surface area contributed by atoms with Crippen LogP contribution in [0.5, 0.6) is 5.75 Å². The van der Waals surface area contributed by atoms with Crippen molar-refractivity contribution in [3.63, 3.8) is 0 Å². The van der Waals surface area contributed by atoms with E-state index < -0.39 is 29.7 Å². The highest BCUT2D eigenvalue weighted by molar-refractivity contribution is 6.24. The van der Waals surface area contributed by atoms with Gasteiger partial charge in [0.05, 0.1) is 50.8 Å². The van der Waals surface area contributed by atoms with Crippen LogP contribution in [-0.2, 0) is 23.8 Å². The third kappa shape index (κ3) is 5.83. The summed E-state index contributed by atoms with van der Waals surface area (Å²) in [7, 11) is 0. The van der Waals surface area contributed by atoms with Crippen molar-refractivity contribution in [3.05, 3.63) is 29.3 Å². The molecule has 174 valence electrons. The second kappa shape index (κ2) is 11.9. The molecule has 0 radical (unpaired) electrons. The van der Waals surface area contributed by atoms with Crippen molar-refractivity contribution in [2.24, 2.45) is 0 Å². The number of carbonyl (C=O) groups excluding carboxylic acids is 4. The predicted molar refractivity (Wildman–Crippen MR) is 112 cm³/mol. The zero-order valence-electron chi connectivity index (χ0n) is 17.5. The molecule has 2 aliphatic heterocycles. The highest BCUT2D eigenvalue weighted by Crippen LogP contribution is 2.33. The zero-order valence-corrected chi connectivity index (χ0v) is 18.2. The van der Waals surface area contributed by atoms with E-state index in [0.29, 0.717) is 38.9 Å². The summed E-state index contributed by atoms with van der Waals surface area (Å²) in [4.78, 5) is 50.2. The van der Waals surface area contributed by atoms with E-state index in [9.17, 15) is 19.2 Å². The lowest BCUT2D eigenvalue weighted by Crippen LogP contribution is -2.54. The fourth-order valence-corrected chi connectivity index (χ4v) is 3.52. The Morgan fingerprint density at radius 2 is 1.56 bits per heavy atom. The third-order valence-corrected chi connectivity index (χ3v) is 5.03. The van der Waals surface area contributed by atoms with Crippen LogP contribution >= 0.6 is 11.6 Å². The molecule has 0 spiro atoms. The fraction of sp³-hybridized carbons (Fsp3) is 0.524. The molecule has 4 amide bonds. The Labute approximate surface area is 190 Å². The van der Waals surface area contributed by atoms with Crippen molar-refractivity contribution >= 4 is 35.2 Å². The highest BCUT2D eigenvalue weighted by Gasteiger charge is 2.45. The number of halogens is 1. The maximum atomic E-state index is 13.0. The van der Waals surface area contributed by atoms with Gasteiger partial charge in [0.25, 0.3) is 11.8 Å². The first-order valence-corrected chi connectivity index (χ1v) is 10.8. The van der Waals surface area contributed by atoms with Crippen molar-refractivity contribution in [2.75, 3.05) is 52.1 Å².